The van der Waals surface area contributed by atoms with Crippen LogP contribution in [0.4, 0.5) is 4.79 Å². The third-order valence-corrected chi connectivity index (χ3v) is 3.29. The van der Waals surface area contributed by atoms with Crippen molar-refractivity contribution in [3.8, 4) is 11.1 Å². The van der Waals surface area contributed by atoms with E-state index in [2.05, 4.69) is 22.9 Å². The van der Waals surface area contributed by atoms with E-state index in [1.54, 1.807) is 0 Å². The zero-order valence-electron chi connectivity index (χ0n) is 9.68. The average Bonchev–Trinajstić information content (AvgIpc) is 2.75. The molecule has 3 rings (SSSR count). The van der Waals surface area contributed by atoms with Gasteiger partial charge in [-0.25, -0.2) is 0 Å². The number of hydrogen-bond acceptors (Lipinski definition) is 2. The molecule has 89 valence electrons. The van der Waals surface area contributed by atoms with Crippen LogP contribution in [0.25, 0.3) is 11.1 Å². The molecule has 1 aliphatic carbocycles. The first-order valence-electron chi connectivity index (χ1n) is 5.78. The number of carbonyl (C=O) groups is 1. The third kappa shape index (κ3) is 1.74. The van der Waals surface area contributed by atoms with Crippen molar-refractivity contribution in [1.29, 1.82) is 0 Å². The van der Waals surface area contributed by atoms with Crippen LogP contribution in [0.5, 0.6) is 0 Å². The molecule has 2 aromatic carbocycles. The Bertz CT molecular complexity index is 617. The number of hydrogen-bond donors (Lipinski definition) is 0. The van der Waals surface area contributed by atoms with Crippen molar-refractivity contribution >= 4 is 6.16 Å². The maximum atomic E-state index is 10.4. The molecule has 1 aliphatic rings. The molecule has 0 unspecified atom stereocenters. The van der Waals surface area contributed by atoms with Crippen LogP contribution in [-0.4, -0.2) is 6.16 Å². The predicted molar refractivity (Wildman–Crippen MR) is 65.6 cm³/mol. The summed E-state index contributed by atoms with van der Waals surface area (Å²) in [7, 11) is 0. The Labute approximate surface area is 105 Å². The van der Waals surface area contributed by atoms with Crippen LogP contribution < -0.4 is 0 Å². The fourth-order valence-corrected chi connectivity index (χ4v) is 2.50. The van der Waals surface area contributed by atoms with Crippen molar-refractivity contribution in [1.82, 2.24) is 0 Å². The summed E-state index contributed by atoms with van der Waals surface area (Å²) in [5.41, 5.74) is 5.73. The molecule has 18 heavy (non-hydrogen) atoms. The molecule has 0 spiro atoms. The van der Waals surface area contributed by atoms with Gasteiger partial charge in [-0.2, -0.15) is 9.90 Å². The predicted octanol–water partition coefficient (Wildman–Crippen LogP) is 3.32. The molecule has 0 amide bonds. The molecule has 0 bridgehead atoms. The highest BCUT2D eigenvalue weighted by atomic mass is 16.7. The van der Waals surface area contributed by atoms with E-state index in [-0.39, 0.29) is 6.61 Å². The minimum atomic E-state index is -1.48. The molecule has 0 saturated heterocycles. The summed E-state index contributed by atoms with van der Waals surface area (Å²) in [5.74, 6) is 0. The second-order valence-corrected chi connectivity index (χ2v) is 4.32. The van der Waals surface area contributed by atoms with Crippen LogP contribution >= 0.6 is 0 Å². The van der Waals surface area contributed by atoms with Crippen LogP contribution in [-0.2, 0) is 22.9 Å². The van der Waals surface area contributed by atoms with Gasteiger partial charge in [-0.15, -0.1) is 0 Å². The number of benzene rings is 2. The van der Waals surface area contributed by atoms with Gasteiger partial charge in [0.05, 0.1) is 0 Å². The second kappa shape index (κ2) is 4.18. The van der Waals surface area contributed by atoms with E-state index in [0.29, 0.717) is 0 Å². The molecule has 1 radical (unpaired) electrons. The van der Waals surface area contributed by atoms with Gasteiger partial charge in [0, 0.05) is 0 Å². The van der Waals surface area contributed by atoms with Crippen molar-refractivity contribution in [3.05, 3.63) is 59.2 Å². The lowest BCUT2D eigenvalue weighted by atomic mass is 10.0. The monoisotopic (exact) mass is 239 g/mol. The Hall–Kier alpha value is -2.29. The standard InChI is InChI=1S/C15H11O3/c16-15(17)18-9-11-5-3-7-13-12-6-2-1-4-10(12)8-14(11)13/h1-7H,8-9H2. The molecule has 0 aromatic heterocycles. The van der Waals surface area contributed by atoms with Gasteiger partial charge in [-0.05, 0) is 34.2 Å². The third-order valence-electron chi connectivity index (χ3n) is 3.29. The fraction of sp³-hybridized carbons (Fsp3) is 0.133. The first-order chi connectivity index (χ1) is 8.75. The summed E-state index contributed by atoms with van der Waals surface area (Å²) in [6.07, 6.45) is -0.652. The van der Waals surface area contributed by atoms with Crippen LogP contribution in [0.15, 0.2) is 42.5 Å². The Morgan fingerprint density at radius 3 is 2.67 bits per heavy atom. The minimum Gasteiger partial charge on any atom is -0.427 e. The van der Waals surface area contributed by atoms with Crippen LogP contribution in [0.3, 0.4) is 0 Å². The molecule has 0 N–H and O–H groups in total. The minimum absolute atomic E-state index is 0.0551. The zero-order valence-corrected chi connectivity index (χ0v) is 9.68. The molecular formula is C15H11O3. The van der Waals surface area contributed by atoms with E-state index in [1.807, 2.05) is 24.3 Å². The van der Waals surface area contributed by atoms with E-state index >= 15 is 0 Å². The van der Waals surface area contributed by atoms with E-state index in [0.717, 1.165) is 17.5 Å². The highest BCUT2D eigenvalue weighted by Gasteiger charge is 2.20. The maximum absolute atomic E-state index is 10.4. The van der Waals surface area contributed by atoms with E-state index < -0.39 is 6.16 Å². The Morgan fingerprint density at radius 1 is 1.06 bits per heavy atom. The molecule has 3 heteroatoms. The van der Waals surface area contributed by atoms with Crippen molar-refractivity contribution in [3.63, 3.8) is 0 Å². The summed E-state index contributed by atoms with van der Waals surface area (Å²) < 4.78 is 4.56. The summed E-state index contributed by atoms with van der Waals surface area (Å²) in [4.78, 5) is 10.4. The molecule has 0 saturated carbocycles. The fourth-order valence-electron chi connectivity index (χ4n) is 2.50. The molecule has 0 fully saturated rings. The largest absolute Gasteiger partial charge is 0.550 e. The Balaban J connectivity index is 2.00. The van der Waals surface area contributed by atoms with Gasteiger partial charge in [0.15, 0.2) is 0 Å². The normalized spacial score (nSPS) is 11.8. The molecule has 3 nitrogen and oxygen atoms in total. The lowest BCUT2D eigenvalue weighted by Gasteiger charge is -2.07. The highest BCUT2D eigenvalue weighted by Crippen LogP contribution is 2.38. The Morgan fingerprint density at radius 2 is 1.83 bits per heavy atom. The molecular weight excluding hydrogens is 228 g/mol. The van der Waals surface area contributed by atoms with Gasteiger partial charge in [0.25, 0.3) is 0 Å². The van der Waals surface area contributed by atoms with Gasteiger partial charge in [0.2, 0.25) is 0 Å². The van der Waals surface area contributed by atoms with Crippen LogP contribution in [0.2, 0.25) is 0 Å². The Kier molecular flexibility index (Phi) is 2.52. The topological polar surface area (TPSA) is 46.2 Å². The van der Waals surface area contributed by atoms with Gasteiger partial charge < -0.3 is 4.74 Å². The summed E-state index contributed by atoms with van der Waals surface area (Å²) >= 11 is 0. The number of carbonyl (C=O) groups excluding carboxylic acids is 1. The molecule has 2 aromatic rings. The SMILES string of the molecule is [O]C(=O)OCc1cccc2c1Cc1ccccc1-2. The number of fused-ring (bicyclic) bond motifs is 3. The highest BCUT2D eigenvalue weighted by molar-refractivity contribution is 5.77. The number of ether oxygens (including phenoxy) is 1. The van der Waals surface area contributed by atoms with Crippen LogP contribution in [0, 0.1) is 0 Å². The quantitative estimate of drug-likeness (QED) is 0.644. The first kappa shape index (κ1) is 10.8. The lowest BCUT2D eigenvalue weighted by Crippen LogP contribution is -2.01. The van der Waals surface area contributed by atoms with E-state index in [1.165, 1.54) is 16.7 Å². The van der Waals surface area contributed by atoms with Crippen molar-refractivity contribution in [2.24, 2.45) is 0 Å². The van der Waals surface area contributed by atoms with Crippen molar-refractivity contribution in [2.45, 2.75) is 13.0 Å². The lowest BCUT2D eigenvalue weighted by molar-refractivity contribution is 0.0618. The summed E-state index contributed by atoms with van der Waals surface area (Å²) in [6.45, 7) is 0.0551. The second-order valence-electron chi connectivity index (χ2n) is 4.32. The van der Waals surface area contributed by atoms with Crippen molar-refractivity contribution < 1.29 is 14.6 Å². The van der Waals surface area contributed by atoms with Gasteiger partial charge in [-0.3, -0.25) is 0 Å². The van der Waals surface area contributed by atoms with Crippen LogP contribution in [0.1, 0.15) is 16.7 Å². The van der Waals surface area contributed by atoms with Gasteiger partial charge >= 0.3 is 6.16 Å². The number of rotatable bonds is 2. The van der Waals surface area contributed by atoms with Gasteiger partial charge in [-0.1, -0.05) is 42.5 Å². The zero-order chi connectivity index (χ0) is 12.5. The maximum Gasteiger partial charge on any atom is 0.550 e. The van der Waals surface area contributed by atoms with E-state index in [4.69, 9.17) is 0 Å². The molecule has 0 atom stereocenters. The van der Waals surface area contributed by atoms with E-state index in [9.17, 15) is 9.90 Å². The summed E-state index contributed by atoms with van der Waals surface area (Å²) in [5, 5.41) is 10.4. The summed E-state index contributed by atoms with van der Waals surface area (Å²) in [6, 6.07) is 14.1. The van der Waals surface area contributed by atoms with Gasteiger partial charge in [0.1, 0.15) is 6.61 Å². The molecule has 0 heterocycles. The first-order valence-corrected chi connectivity index (χ1v) is 5.78. The smallest absolute Gasteiger partial charge is 0.427 e. The van der Waals surface area contributed by atoms with Crippen molar-refractivity contribution in [2.75, 3.05) is 0 Å². The molecule has 0 aliphatic heterocycles. The average molecular weight is 239 g/mol.